The number of benzene rings is 1. The summed E-state index contributed by atoms with van der Waals surface area (Å²) in [6, 6.07) is 9.39. The lowest BCUT2D eigenvalue weighted by molar-refractivity contribution is 0.150. The van der Waals surface area contributed by atoms with Crippen molar-refractivity contribution in [3.8, 4) is 5.69 Å². The van der Waals surface area contributed by atoms with Gasteiger partial charge in [0.05, 0.1) is 18.8 Å². The van der Waals surface area contributed by atoms with Gasteiger partial charge in [0.1, 0.15) is 6.17 Å². The first kappa shape index (κ1) is 13.1. The van der Waals surface area contributed by atoms with Crippen LogP contribution in [0.4, 0.5) is 4.39 Å². The molecule has 0 aliphatic carbocycles. The summed E-state index contributed by atoms with van der Waals surface area (Å²) in [5.41, 5.74) is 0.865. The maximum absolute atomic E-state index is 13.5. The van der Waals surface area contributed by atoms with E-state index in [0.717, 1.165) is 5.69 Å². The van der Waals surface area contributed by atoms with Gasteiger partial charge in [0.2, 0.25) is 0 Å². The lowest BCUT2D eigenvalue weighted by atomic mass is 10.2. The highest BCUT2D eigenvalue weighted by molar-refractivity contribution is 5.30. The lowest BCUT2D eigenvalue weighted by Crippen LogP contribution is -2.32. The van der Waals surface area contributed by atoms with Crippen LogP contribution in [0.5, 0.6) is 0 Å². The van der Waals surface area contributed by atoms with Crippen molar-refractivity contribution in [2.24, 2.45) is 0 Å². The largest absolute Gasteiger partial charge is 0.395 e. The number of halogens is 1. The van der Waals surface area contributed by atoms with Crippen molar-refractivity contribution < 1.29 is 9.50 Å². The van der Waals surface area contributed by atoms with Gasteiger partial charge in [-0.15, -0.1) is 5.10 Å². The highest BCUT2D eigenvalue weighted by Gasteiger charge is 2.32. The fraction of sp³-hybridized carbons (Fsp3) is 0.462. The Morgan fingerprint density at radius 3 is 2.85 bits per heavy atom. The van der Waals surface area contributed by atoms with Crippen LogP contribution in [0, 0.1) is 0 Å². The Labute approximate surface area is 115 Å². The number of aliphatic hydroxyl groups excluding tert-OH is 1. The fourth-order valence-corrected chi connectivity index (χ4v) is 2.56. The van der Waals surface area contributed by atoms with Crippen LogP contribution >= 0.6 is 0 Å². The summed E-state index contributed by atoms with van der Waals surface area (Å²) in [6.45, 7) is 0.688. The zero-order chi connectivity index (χ0) is 13.9. The average Bonchev–Trinajstić information content (AvgIpc) is 3.07. The van der Waals surface area contributed by atoms with Gasteiger partial charge in [-0.2, -0.15) is 4.68 Å². The second-order valence-corrected chi connectivity index (χ2v) is 4.94. The van der Waals surface area contributed by atoms with Gasteiger partial charge in [-0.3, -0.25) is 4.90 Å². The number of alkyl halides is 1. The van der Waals surface area contributed by atoms with Crippen LogP contribution in [-0.2, 0) is 6.54 Å². The molecular weight excluding hydrogens is 261 g/mol. The van der Waals surface area contributed by atoms with Crippen LogP contribution in [0.2, 0.25) is 0 Å². The van der Waals surface area contributed by atoms with Gasteiger partial charge in [-0.1, -0.05) is 18.2 Å². The normalized spacial score (nSPS) is 23.3. The quantitative estimate of drug-likeness (QED) is 0.885. The predicted octanol–water partition coefficient (Wildman–Crippen LogP) is 0.567. The van der Waals surface area contributed by atoms with E-state index in [-0.39, 0.29) is 12.6 Å². The number of nitrogens with zero attached hydrogens (tertiary/aromatic N) is 5. The van der Waals surface area contributed by atoms with Crippen molar-refractivity contribution in [1.82, 2.24) is 25.1 Å². The van der Waals surface area contributed by atoms with Gasteiger partial charge in [0.25, 0.3) is 0 Å². The van der Waals surface area contributed by atoms with Crippen LogP contribution in [0.15, 0.2) is 30.3 Å². The van der Waals surface area contributed by atoms with Gasteiger partial charge < -0.3 is 5.11 Å². The van der Waals surface area contributed by atoms with Crippen molar-refractivity contribution in [3.63, 3.8) is 0 Å². The molecular formula is C13H16FN5O. The van der Waals surface area contributed by atoms with Gasteiger partial charge in [-0.05, 0) is 29.0 Å². The van der Waals surface area contributed by atoms with Crippen molar-refractivity contribution in [2.45, 2.75) is 25.2 Å². The minimum absolute atomic E-state index is 0.0483. The summed E-state index contributed by atoms with van der Waals surface area (Å²) in [5, 5.41) is 21.0. The summed E-state index contributed by atoms with van der Waals surface area (Å²) >= 11 is 0. The smallest absolute Gasteiger partial charge is 0.170 e. The van der Waals surface area contributed by atoms with Crippen LogP contribution in [0.1, 0.15) is 12.2 Å². The first-order valence-corrected chi connectivity index (χ1v) is 6.59. The molecule has 1 N–H and O–H groups in total. The van der Waals surface area contributed by atoms with E-state index >= 15 is 0 Å². The zero-order valence-electron chi connectivity index (χ0n) is 10.9. The third-order valence-corrected chi connectivity index (χ3v) is 3.57. The molecule has 0 bridgehead atoms. The Balaban J connectivity index is 1.81. The number of aromatic nitrogens is 4. The van der Waals surface area contributed by atoms with E-state index in [1.54, 1.807) is 4.68 Å². The predicted molar refractivity (Wildman–Crippen MR) is 70.0 cm³/mol. The molecule has 1 aliphatic rings. The van der Waals surface area contributed by atoms with E-state index in [0.29, 0.717) is 25.3 Å². The number of hydrogen-bond donors (Lipinski definition) is 1. The number of rotatable bonds is 4. The Hall–Kier alpha value is -1.86. The Kier molecular flexibility index (Phi) is 3.70. The number of likely N-dealkylation sites (tertiary alicyclic amines) is 1. The molecule has 1 fully saturated rings. The fourth-order valence-electron chi connectivity index (χ4n) is 2.56. The molecule has 0 radical (unpaired) electrons. The average molecular weight is 277 g/mol. The molecule has 20 heavy (non-hydrogen) atoms. The van der Waals surface area contributed by atoms with E-state index < -0.39 is 6.17 Å². The van der Waals surface area contributed by atoms with Crippen LogP contribution in [0.3, 0.4) is 0 Å². The van der Waals surface area contributed by atoms with E-state index in [9.17, 15) is 9.50 Å². The topological polar surface area (TPSA) is 67.1 Å². The molecule has 6 nitrogen and oxygen atoms in total. The zero-order valence-corrected chi connectivity index (χ0v) is 10.9. The third kappa shape index (κ3) is 2.54. The number of hydrogen-bond acceptors (Lipinski definition) is 5. The summed E-state index contributed by atoms with van der Waals surface area (Å²) in [4.78, 5) is 1.88. The van der Waals surface area contributed by atoms with Crippen LogP contribution < -0.4 is 0 Å². The molecule has 106 valence electrons. The molecule has 2 heterocycles. The molecule has 3 rings (SSSR count). The second kappa shape index (κ2) is 5.64. The molecule has 0 amide bonds. The van der Waals surface area contributed by atoms with Crippen LogP contribution in [-0.4, -0.2) is 55.6 Å². The Morgan fingerprint density at radius 2 is 2.10 bits per heavy atom. The molecule has 1 aromatic heterocycles. The van der Waals surface area contributed by atoms with Gasteiger partial charge in [0, 0.05) is 12.6 Å². The molecule has 1 aliphatic heterocycles. The minimum Gasteiger partial charge on any atom is -0.395 e. The maximum Gasteiger partial charge on any atom is 0.170 e. The molecule has 1 aromatic carbocycles. The number of para-hydroxylation sites is 1. The molecule has 0 unspecified atom stereocenters. The van der Waals surface area contributed by atoms with Gasteiger partial charge in [0.15, 0.2) is 5.82 Å². The van der Waals surface area contributed by atoms with E-state index in [4.69, 9.17) is 0 Å². The SMILES string of the molecule is OC[C@@H]1C[C@H](F)CN1Cc1nnnn1-c1ccccc1. The van der Waals surface area contributed by atoms with E-state index in [1.807, 2.05) is 35.2 Å². The van der Waals surface area contributed by atoms with Crippen molar-refractivity contribution in [2.75, 3.05) is 13.2 Å². The van der Waals surface area contributed by atoms with E-state index in [2.05, 4.69) is 15.5 Å². The van der Waals surface area contributed by atoms with Crippen LogP contribution in [0.25, 0.3) is 5.69 Å². The van der Waals surface area contributed by atoms with Crippen molar-refractivity contribution in [1.29, 1.82) is 0 Å². The molecule has 2 atom stereocenters. The summed E-state index contributed by atoms with van der Waals surface area (Å²) < 4.78 is 15.1. The molecule has 0 spiro atoms. The standard InChI is InChI=1S/C13H16FN5O/c14-10-6-12(9-20)18(7-10)8-13-15-16-17-19(13)11-4-2-1-3-5-11/h1-5,10,12,20H,6-9H2/t10-,12-/m0/s1. The minimum atomic E-state index is -0.895. The summed E-state index contributed by atoms with van der Waals surface area (Å²) in [6.07, 6.45) is -0.531. The molecule has 7 heteroatoms. The lowest BCUT2D eigenvalue weighted by Gasteiger charge is -2.21. The van der Waals surface area contributed by atoms with Crippen molar-refractivity contribution >= 4 is 0 Å². The third-order valence-electron chi connectivity index (χ3n) is 3.57. The number of aliphatic hydroxyl groups is 1. The van der Waals surface area contributed by atoms with Crippen molar-refractivity contribution in [3.05, 3.63) is 36.2 Å². The molecule has 1 saturated heterocycles. The first-order valence-electron chi connectivity index (χ1n) is 6.59. The Bertz CT molecular complexity index is 561. The first-order chi connectivity index (χ1) is 9.78. The highest BCUT2D eigenvalue weighted by atomic mass is 19.1. The molecule has 0 saturated carbocycles. The Morgan fingerprint density at radius 1 is 1.30 bits per heavy atom. The number of tetrazole rings is 1. The summed E-state index contributed by atoms with van der Waals surface area (Å²) in [5.74, 6) is 0.642. The highest BCUT2D eigenvalue weighted by Crippen LogP contribution is 2.22. The second-order valence-electron chi connectivity index (χ2n) is 4.94. The van der Waals surface area contributed by atoms with Gasteiger partial charge >= 0.3 is 0 Å². The monoisotopic (exact) mass is 277 g/mol. The van der Waals surface area contributed by atoms with E-state index in [1.165, 1.54) is 0 Å². The van der Waals surface area contributed by atoms with Gasteiger partial charge in [-0.25, -0.2) is 4.39 Å². The summed E-state index contributed by atoms with van der Waals surface area (Å²) in [7, 11) is 0. The maximum atomic E-state index is 13.5. The molecule has 2 aromatic rings.